The summed E-state index contributed by atoms with van der Waals surface area (Å²) in [5.74, 6) is 2.30. The highest BCUT2D eigenvalue weighted by Gasteiger charge is 2.62. The Labute approximate surface area is 132 Å². The van der Waals surface area contributed by atoms with Crippen molar-refractivity contribution in [2.45, 2.75) is 71.3 Å². The van der Waals surface area contributed by atoms with Gasteiger partial charge < -0.3 is 5.11 Å². The Morgan fingerprint density at radius 3 is 2.59 bits per heavy atom. The summed E-state index contributed by atoms with van der Waals surface area (Å²) in [5, 5.41) is 10.9. The van der Waals surface area contributed by atoms with Crippen molar-refractivity contribution in [3.05, 3.63) is 0 Å². The molecule has 4 saturated carbocycles. The first-order chi connectivity index (χ1) is 10.4. The van der Waals surface area contributed by atoms with Crippen molar-refractivity contribution in [1.82, 2.24) is 0 Å². The second-order valence-electron chi connectivity index (χ2n) is 8.96. The number of fused-ring (bicyclic) bond motifs is 5. The van der Waals surface area contributed by atoms with Gasteiger partial charge in [0.1, 0.15) is 11.6 Å². The summed E-state index contributed by atoms with van der Waals surface area (Å²) in [6.07, 6.45) is 6.53. The molecule has 4 rings (SSSR count). The van der Waals surface area contributed by atoms with Gasteiger partial charge in [0, 0.05) is 24.7 Å². The molecule has 0 amide bonds. The van der Waals surface area contributed by atoms with E-state index in [1.807, 2.05) is 0 Å². The van der Waals surface area contributed by atoms with Crippen LogP contribution in [0, 0.1) is 34.5 Å². The Kier molecular flexibility index (Phi) is 3.15. The molecule has 0 aliphatic heterocycles. The van der Waals surface area contributed by atoms with Crippen LogP contribution in [0.15, 0.2) is 0 Å². The van der Waals surface area contributed by atoms with E-state index in [1.165, 1.54) is 0 Å². The molecule has 0 aromatic carbocycles. The molecule has 0 heterocycles. The lowest BCUT2D eigenvalue weighted by Crippen LogP contribution is -2.58. The van der Waals surface area contributed by atoms with Gasteiger partial charge in [-0.25, -0.2) is 0 Å². The summed E-state index contributed by atoms with van der Waals surface area (Å²) in [4.78, 5) is 24.3. The molecular formula is C19H28O3. The lowest BCUT2D eigenvalue weighted by atomic mass is 9.44. The highest BCUT2D eigenvalue weighted by Crippen LogP contribution is 2.65. The zero-order chi connectivity index (χ0) is 15.7. The van der Waals surface area contributed by atoms with E-state index in [2.05, 4.69) is 13.8 Å². The monoisotopic (exact) mass is 304 g/mol. The number of hydrogen-bond acceptors (Lipinski definition) is 3. The first-order valence-electron chi connectivity index (χ1n) is 9.09. The van der Waals surface area contributed by atoms with Crippen LogP contribution in [0.1, 0.15) is 65.2 Å². The summed E-state index contributed by atoms with van der Waals surface area (Å²) in [6, 6.07) is 0. The van der Waals surface area contributed by atoms with E-state index in [1.54, 1.807) is 0 Å². The van der Waals surface area contributed by atoms with Crippen LogP contribution in [-0.2, 0) is 9.59 Å². The molecule has 0 aromatic heterocycles. The smallest absolute Gasteiger partial charge is 0.139 e. The van der Waals surface area contributed by atoms with Crippen molar-refractivity contribution in [3.63, 3.8) is 0 Å². The minimum Gasteiger partial charge on any atom is -0.393 e. The minimum atomic E-state index is -0.315. The standard InChI is InChI=1S/C19H28O3/c1-18-7-5-12(20)9-11(18)10-15(21)17-13-3-4-16(22)19(13,2)8-6-14(17)18/h11,13-15,17,21H,3-10H2,1-2H3/t11-,13+,14+,15-,17+,18+,19+/m1/s1. The van der Waals surface area contributed by atoms with Crippen LogP contribution in [0.5, 0.6) is 0 Å². The molecular weight excluding hydrogens is 276 g/mol. The molecule has 122 valence electrons. The normalized spacial score (nSPS) is 54.6. The van der Waals surface area contributed by atoms with Gasteiger partial charge in [0.05, 0.1) is 6.10 Å². The molecule has 0 unspecified atom stereocenters. The minimum absolute atomic E-state index is 0.185. The Balaban J connectivity index is 1.70. The molecule has 0 bridgehead atoms. The summed E-state index contributed by atoms with van der Waals surface area (Å²) < 4.78 is 0. The topological polar surface area (TPSA) is 54.4 Å². The first-order valence-corrected chi connectivity index (χ1v) is 9.09. The van der Waals surface area contributed by atoms with Gasteiger partial charge >= 0.3 is 0 Å². The fourth-order valence-electron chi connectivity index (χ4n) is 6.79. The van der Waals surface area contributed by atoms with Crippen LogP contribution in [0.25, 0.3) is 0 Å². The van der Waals surface area contributed by atoms with Crippen LogP contribution in [-0.4, -0.2) is 22.8 Å². The molecule has 3 heteroatoms. The van der Waals surface area contributed by atoms with E-state index >= 15 is 0 Å². The van der Waals surface area contributed by atoms with Gasteiger partial charge in [-0.15, -0.1) is 0 Å². The number of ketones is 2. The van der Waals surface area contributed by atoms with Gasteiger partial charge in [0.2, 0.25) is 0 Å². The number of Topliss-reactive ketones (excluding diaryl/α,β-unsaturated/α-hetero) is 2. The van der Waals surface area contributed by atoms with Gasteiger partial charge in [-0.2, -0.15) is 0 Å². The molecule has 7 atom stereocenters. The Bertz CT molecular complexity index is 527. The third-order valence-corrected chi connectivity index (χ3v) is 8.21. The molecule has 4 aliphatic rings. The highest BCUT2D eigenvalue weighted by atomic mass is 16.3. The Morgan fingerprint density at radius 1 is 1.05 bits per heavy atom. The molecule has 1 N–H and O–H groups in total. The van der Waals surface area contributed by atoms with E-state index < -0.39 is 0 Å². The molecule has 22 heavy (non-hydrogen) atoms. The van der Waals surface area contributed by atoms with Gasteiger partial charge in [-0.3, -0.25) is 9.59 Å². The number of aliphatic hydroxyl groups is 1. The largest absolute Gasteiger partial charge is 0.393 e. The Morgan fingerprint density at radius 2 is 1.82 bits per heavy atom. The fourth-order valence-corrected chi connectivity index (χ4v) is 6.79. The SMILES string of the molecule is C[C@]12CCC(=O)C[C@@H]1C[C@@H](O)[C@@H]1[C@@H]2CC[C@]2(C)C(=O)CC[C@@H]12. The maximum atomic E-state index is 12.4. The number of carbonyl (C=O) groups excluding carboxylic acids is 2. The lowest BCUT2D eigenvalue weighted by Gasteiger charge is -2.60. The van der Waals surface area contributed by atoms with Gasteiger partial charge in [0.25, 0.3) is 0 Å². The molecule has 3 nitrogen and oxygen atoms in total. The van der Waals surface area contributed by atoms with E-state index in [0.717, 1.165) is 32.1 Å². The van der Waals surface area contributed by atoms with Gasteiger partial charge in [0.15, 0.2) is 0 Å². The zero-order valence-corrected chi connectivity index (χ0v) is 13.8. The molecule has 0 radical (unpaired) electrons. The van der Waals surface area contributed by atoms with Crippen molar-refractivity contribution in [2.75, 3.05) is 0 Å². The fraction of sp³-hybridized carbons (Fsp3) is 0.895. The lowest BCUT2D eigenvalue weighted by molar-refractivity contribution is -0.166. The van der Waals surface area contributed by atoms with Crippen LogP contribution >= 0.6 is 0 Å². The zero-order valence-electron chi connectivity index (χ0n) is 13.8. The predicted octanol–water partition coefficient (Wildman–Crippen LogP) is 3.14. The average molecular weight is 304 g/mol. The number of carbonyl (C=O) groups is 2. The second kappa shape index (κ2) is 4.66. The highest BCUT2D eigenvalue weighted by molar-refractivity contribution is 5.87. The average Bonchev–Trinajstić information content (AvgIpc) is 2.77. The van der Waals surface area contributed by atoms with Crippen molar-refractivity contribution < 1.29 is 14.7 Å². The van der Waals surface area contributed by atoms with Crippen molar-refractivity contribution >= 4 is 11.6 Å². The van der Waals surface area contributed by atoms with E-state index in [4.69, 9.17) is 0 Å². The third-order valence-electron chi connectivity index (χ3n) is 8.21. The predicted molar refractivity (Wildman–Crippen MR) is 83.1 cm³/mol. The van der Waals surface area contributed by atoms with Crippen molar-refractivity contribution in [3.8, 4) is 0 Å². The Hall–Kier alpha value is -0.700. The number of rotatable bonds is 0. The summed E-state index contributed by atoms with van der Waals surface area (Å²) in [7, 11) is 0. The van der Waals surface area contributed by atoms with Crippen LogP contribution in [0.3, 0.4) is 0 Å². The van der Waals surface area contributed by atoms with Gasteiger partial charge in [-0.1, -0.05) is 13.8 Å². The summed E-state index contributed by atoms with van der Waals surface area (Å²) in [5.41, 5.74) is 0.0145. The molecule has 4 fully saturated rings. The molecule has 0 aromatic rings. The second-order valence-corrected chi connectivity index (χ2v) is 8.96. The molecule has 0 spiro atoms. The van der Waals surface area contributed by atoms with Gasteiger partial charge in [-0.05, 0) is 61.2 Å². The summed E-state index contributed by atoms with van der Waals surface area (Å²) >= 11 is 0. The number of hydrogen-bond donors (Lipinski definition) is 1. The third kappa shape index (κ3) is 1.78. The molecule has 0 saturated heterocycles. The first kappa shape index (κ1) is 14.9. The van der Waals surface area contributed by atoms with E-state index in [-0.39, 0.29) is 22.9 Å². The quantitative estimate of drug-likeness (QED) is 0.748. The van der Waals surface area contributed by atoms with E-state index in [9.17, 15) is 14.7 Å². The number of aliphatic hydroxyl groups excluding tert-OH is 1. The maximum Gasteiger partial charge on any atom is 0.139 e. The van der Waals surface area contributed by atoms with Crippen LogP contribution < -0.4 is 0 Å². The van der Waals surface area contributed by atoms with Crippen LogP contribution in [0.2, 0.25) is 0 Å². The summed E-state index contributed by atoms with van der Waals surface area (Å²) in [6.45, 7) is 4.52. The van der Waals surface area contributed by atoms with Crippen molar-refractivity contribution in [1.29, 1.82) is 0 Å². The molecule has 4 aliphatic carbocycles. The maximum absolute atomic E-state index is 12.4. The van der Waals surface area contributed by atoms with Crippen molar-refractivity contribution in [2.24, 2.45) is 34.5 Å². The van der Waals surface area contributed by atoms with Crippen LogP contribution in [0.4, 0.5) is 0 Å². The van der Waals surface area contributed by atoms with E-state index in [0.29, 0.717) is 48.6 Å².